The van der Waals surface area contributed by atoms with E-state index in [1.165, 1.54) is 24.3 Å². The lowest BCUT2D eigenvalue weighted by Gasteiger charge is -2.21. The van der Waals surface area contributed by atoms with Crippen molar-refractivity contribution in [2.24, 2.45) is 5.41 Å². The second-order valence-electron chi connectivity index (χ2n) is 5.05. The Morgan fingerprint density at radius 1 is 1.29 bits per heavy atom. The van der Waals surface area contributed by atoms with Gasteiger partial charge in [-0.25, -0.2) is 0 Å². The van der Waals surface area contributed by atoms with Crippen molar-refractivity contribution >= 4 is 18.1 Å². The molecule has 0 aromatic heterocycles. The summed E-state index contributed by atoms with van der Waals surface area (Å²) in [6.45, 7) is 3.39. The Morgan fingerprint density at radius 2 is 1.86 bits per heavy atom. The van der Waals surface area contributed by atoms with Gasteiger partial charge in [-0.1, -0.05) is 0 Å². The second kappa shape index (κ2) is 6.69. The van der Waals surface area contributed by atoms with Crippen molar-refractivity contribution < 1.29 is 28.7 Å². The molecule has 0 fully saturated rings. The van der Waals surface area contributed by atoms with Crippen LogP contribution in [0, 0.1) is 15.5 Å². The predicted octanol–water partition coefficient (Wildman–Crippen LogP) is 2.02. The fraction of sp³-hybridized carbons (Fsp3) is 0.385. The summed E-state index contributed by atoms with van der Waals surface area (Å²) < 4.78 is 14.5. The lowest BCUT2D eigenvalue weighted by atomic mass is 9.98. The Labute approximate surface area is 120 Å². The zero-order valence-electron chi connectivity index (χ0n) is 11.8. The lowest BCUT2D eigenvalue weighted by molar-refractivity contribution is -0.384. The molecule has 1 unspecified atom stereocenters. The first-order valence-electron chi connectivity index (χ1n) is 5.95. The third kappa shape index (κ3) is 5.09. The molecule has 0 amide bonds. The summed E-state index contributed by atoms with van der Waals surface area (Å²) in [4.78, 5) is 32.0. The maximum absolute atomic E-state index is 11.7. The average Bonchev–Trinajstić information content (AvgIpc) is 2.38. The topological polar surface area (TPSA) is 105 Å². The minimum atomic E-state index is -1.56. The minimum Gasteiger partial charge on any atom is -0.423 e. The molecule has 1 atom stereocenters. The lowest BCUT2D eigenvalue weighted by Crippen LogP contribution is -2.33. The number of carbonyl (C=O) groups is 2. The SMILES string of the molecule is CC(C)(C)C(=O)OC(OC=O)Oc1ccc([N+](=O)[O-])cc1. The van der Waals surface area contributed by atoms with Crippen LogP contribution in [0.4, 0.5) is 5.69 Å². The number of hydrogen-bond donors (Lipinski definition) is 0. The quantitative estimate of drug-likeness (QED) is 0.260. The third-order valence-electron chi connectivity index (χ3n) is 2.26. The number of nitro groups is 1. The molecule has 0 aliphatic rings. The molecule has 8 nitrogen and oxygen atoms in total. The number of esters is 1. The van der Waals surface area contributed by atoms with Crippen LogP contribution in [0.25, 0.3) is 0 Å². The van der Waals surface area contributed by atoms with Crippen LogP contribution in [0.15, 0.2) is 24.3 Å². The zero-order valence-corrected chi connectivity index (χ0v) is 11.8. The molecule has 1 aromatic rings. The van der Waals surface area contributed by atoms with Crippen molar-refractivity contribution in [2.45, 2.75) is 27.2 Å². The number of carbonyl (C=O) groups excluding carboxylic acids is 2. The average molecular weight is 297 g/mol. The Morgan fingerprint density at radius 3 is 2.29 bits per heavy atom. The van der Waals surface area contributed by atoms with E-state index in [0.717, 1.165) is 0 Å². The van der Waals surface area contributed by atoms with E-state index in [-0.39, 0.29) is 17.9 Å². The minimum absolute atomic E-state index is 0.0754. The van der Waals surface area contributed by atoms with E-state index in [1.54, 1.807) is 20.8 Å². The number of ether oxygens (including phenoxy) is 3. The van der Waals surface area contributed by atoms with E-state index in [1.807, 2.05) is 0 Å². The van der Waals surface area contributed by atoms with E-state index in [2.05, 4.69) is 4.74 Å². The van der Waals surface area contributed by atoms with Crippen LogP contribution in [0.2, 0.25) is 0 Å². The highest BCUT2D eigenvalue weighted by molar-refractivity contribution is 5.75. The summed E-state index contributed by atoms with van der Waals surface area (Å²) in [5, 5.41) is 10.5. The van der Waals surface area contributed by atoms with Crippen LogP contribution >= 0.6 is 0 Å². The molecule has 21 heavy (non-hydrogen) atoms. The number of nitro benzene ring substituents is 1. The van der Waals surface area contributed by atoms with Crippen molar-refractivity contribution in [1.82, 2.24) is 0 Å². The van der Waals surface area contributed by atoms with Gasteiger partial charge in [0, 0.05) is 12.1 Å². The van der Waals surface area contributed by atoms with Gasteiger partial charge in [-0.3, -0.25) is 19.7 Å². The van der Waals surface area contributed by atoms with E-state index in [0.29, 0.717) is 0 Å². The Bertz CT molecular complexity index is 518. The molecule has 0 aliphatic heterocycles. The number of rotatable bonds is 6. The van der Waals surface area contributed by atoms with Gasteiger partial charge in [0.05, 0.1) is 10.3 Å². The smallest absolute Gasteiger partial charge is 0.410 e. The third-order valence-corrected chi connectivity index (χ3v) is 2.26. The molecule has 0 bridgehead atoms. The van der Waals surface area contributed by atoms with Gasteiger partial charge in [0.25, 0.3) is 12.2 Å². The summed E-state index contributed by atoms with van der Waals surface area (Å²) in [6, 6.07) is 5.01. The van der Waals surface area contributed by atoms with Gasteiger partial charge in [0.15, 0.2) is 0 Å². The highest BCUT2D eigenvalue weighted by atomic mass is 16.9. The maximum Gasteiger partial charge on any atom is 0.410 e. The standard InChI is InChI=1S/C13H15NO7/c1-13(2,3)11(16)21-12(19-8-15)20-10-6-4-9(5-7-10)14(17)18/h4-8,12H,1-3H3. The molecule has 0 heterocycles. The highest BCUT2D eigenvalue weighted by Gasteiger charge is 2.28. The number of nitrogens with zero attached hydrogens (tertiary/aromatic N) is 1. The van der Waals surface area contributed by atoms with Gasteiger partial charge < -0.3 is 14.2 Å². The summed E-state index contributed by atoms with van der Waals surface area (Å²) in [7, 11) is 0. The number of benzene rings is 1. The molecule has 1 aromatic carbocycles. The Balaban J connectivity index is 2.76. The molecule has 0 saturated carbocycles. The molecule has 114 valence electrons. The van der Waals surface area contributed by atoms with Crippen LogP contribution in [0.5, 0.6) is 5.75 Å². The highest BCUT2D eigenvalue weighted by Crippen LogP contribution is 2.21. The summed E-state index contributed by atoms with van der Waals surface area (Å²) >= 11 is 0. The van der Waals surface area contributed by atoms with Crippen molar-refractivity contribution in [2.75, 3.05) is 0 Å². The van der Waals surface area contributed by atoms with E-state index >= 15 is 0 Å². The molecule has 0 N–H and O–H groups in total. The van der Waals surface area contributed by atoms with Crippen LogP contribution < -0.4 is 4.74 Å². The number of non-ortho nitro benzene ring substituents is 1. The molecule has 0 saturated heterocycles. The summed E-state index contributed by atoms with van der Waals surface area (Å²) in [5.74, 6) is -0.481. The van der Waals surface area contributed by atoms with E-state index in [9.17, 15) is 19.7 Å². The molecule has 0 aliphatic carbocycles. The van der Waals surface area contributed by atoms with Crippen molar-refractivity contribution in [3.8, 4) is 5.75 Å². The fourth-order valence-corrected chi connectivity index (χ4v) is 1.15. The van der Waals surface area contributed by atoms with Gasteiger partial charge in [-0.05, 0) is 32.9 Å². The van der Waals surface area contributed by atoms with Gasteiger partial charge >= 0.3 is 12.4 Å². The van der Waals surface area contributed by atoms with Crippen LogP contribution in [0.1, 0.15) is 20.8 Å². The molecule has 0 radical (unpaired) electrons. The normalized spacial score (nSPS) is 12.1. The Kier molecular flexibility index (Phi) is 5.23. The largest absolute Gasteiger partial charge is 0.423 e. The summed E-state index contributed by atoms with van der Waals surface area (Å²) in [6.07, 6.45) is 0. The van der Waals surface area contributed by atoms with E-state index in [4.69, 9.17) is 9.47 Å². The van der Waals surface area contributed by atoms with Crippen molar-refractivity contribution in [3.05, 3.63) is 34.4 Å². The Hall–Kier alpha value is -2.64. The predicted molar refractivity (Wildman–Crippen MR) is 70.2 cm³/mol. The van der Waals surface area contributed by atoms with Crippen molar-refractivity contribution in [3.63, 3.8) is 0 Å². The van der Waals surface area contributed by atoms with Gasteiger partial charge in [-0.15, -0.1) is 0 Å². The molecular formula is C13H15NO7. The molecule has 1 rings (SSSR count). The molecule has 8 heteroatoms. The van der Waals surface area contributed by atoms with Gasteiger partial charge in [0.1, 0.15) is 5.75 Å². The second-order valence-corrected chi connectivity index (χ2v) is 5.05. The fourth-order valence-electron chi connectivity index (χ4n) is 1.15. The van der Waals surface area contributed by atoms with E-state index < -0.39 is 22.8 Å². The van der Waals surface area contributed by atoms with Crippen LogP contribution in [0.3, 0.4) is 0 Å². The first-order valence-corrected chi connectivity index (χ1v) is 5.95. The summed E-state index contributed by atoms with van der Waals surface area (Å²) in [5.41, 5.74) is -0.926. The zero-order chi connectivity index (χ0) is 16.0. The van der Waals surface area contributed by atoms with Crippen molar-refractivity contribution in [1.29, 1.82) is 0 Å². The maximum atomic E-state index is 11.7. The van der Waals surface area contributed by atoms with Gasteiger partial charge in [0.2, 0.25) is 0 Å². The first kappa shape index (κ1) is 16.4. The first-order chi connectivity index (χ1) is 9.74. The van der Waals surface area contributed by atoms with Crippen LogP contribution in [-0.4, -0.2) is 23.8 Å². The van der Waals surface area contributed by atoms with Crippen LogP contribution in [-0.2, 0) is 19.1 Å². The molecular weight excluding hydrogens is 282 g/mol. The number of hydrogen-bond acceptors (Lipinski definition) is 7. The monoisotopic (exact) mass is 297 g/mol. The molecule has 0 spiro atoms. The van der Waals surface area contributed by atoms with Gasteiger partial charge in [-0.2, -0.15) is 0 Å².